The Labute approximate surface area is 102 Å². The fourth-order valence-electron chi connectivity index (χ4n) is 0.755. The van der Waals surface area contributed by atoms with Crippen LogP contribution < -0.4 is 0 Å². The Kier molecular flexibility index (Phi) is 7.27. The van der Waals surface area contributed by atoms with Gasteiger partial charge in [-0.15, -0.1) is 0 Å². The molecule has 0 rings (SSSR count). The summed E-state index contributed by atoms with van der Waals surface area (Å²) >= 11 is 2.01. The van der Waals surface area contributed by atoms with Crippen LogP contribution in [0.5, 0.6) is 0 Å². The summed E-state index contributed by atoms with van der Waals surface area (Å²) in [5, 5.41) is 0. The van der Waals surface area contributed by atoms with Gasteiger partial charge in [0, 0.05) is 20.3 Å². The molecule has 0 aliphatic rings. The van der Waals surface area contributed by atoms with Gasteiger partial charge in [-0.05, 0) is 0 Å². The topological polar surface area (TPSA) is 69.7 Å². The molecule has 0 aliphatic carbocycles. The van der Waals surface area contributed by atoms with Crippen molar-refractivity contribution in [2.75, 3.05) is 13.2 Å². The van der Waals surface area contributed by atoms with Gasteiger partial charge >= 0.3 is 11.9 Å². The lowest BCUT2D eigenvalue weighted by molar-refractivity contribution is -0.145. The van der Waals surface area contributed by atoms with E-state index in [2.05, 4.69) is 4.74 Å². The minimum absolute atomic E-state index is 0.0884. The summed E-state index contributed by atoms with van der Waals surface area (Å²) in [4.78, 5) is 32.1. The monoisotopic (exact) mass is 328 g/mol. The molecule has 6 heteroatoms. The molecule has 86 valence electrons. The van der Waals surface area contributed by atoms with Crippen LogP contribution in [0.2, 0.25) is 0 Å². The lowest BCUT2D eigenvalue weighted by Crippen LogP contribution is -2.19. The van der Waals surface area contributed by atoms with Crippen molar-refractivity contribution in [1.82, 2.24) is 0 Å². The molecule has 15 heavy (non-hydrogen) atoms. The molecule has 1 atom stereocenters. The minimum Gasteiger partial charge on any atom is -0.465 e. The number of ether oxygens (including phenoxy) is 2. The highest BCUT2D eigenvalue weighted by molar-refractivity contribution is 14.1. The maximum atomic E-state index is 11.2. The maximum absolute atomic E-state index is 11.2. The number of hydrogen-bond acceptors (Lipinski definition) is 5. The Morgan fingerprint density at radius 3 is 2.13 bits per heavy atom. The summed E-state index contributed by atoms with van der Waals surface area (Å²) < 4.78 is 9.17. The molecule has 0 N–H and O–H groups in total. The van der Waals surface area contributed by atoms with Crippen molar-refractivity contribution in [3.63, 3.8) is 0 Å². The predicted octanol–water partition coefficient (Wildman–Crippen LogP) is 0.875. The molecule has 0 spiro atoms. The zero-order valence-electron chi connectivity index (χ0n) is 8.62. The second-order valence-corrected chi connectivity index (χ2v) is 4.68. The zero-order valence-corrected chi connectivity index (χ0v) is 10.8. The van der Waals surface area contributed by atoms with E-state index in [1.54, 1.807) is 0 Å². The summed E-state index contributed by atoms with van der Waals surface area (Å²) in [7, 11) is 0. The first kappa shape index (κ1) is 14.3. The van der Waals surface area contributed by atoms with Crippen LogP contribution in [0.3, 0.4) is 0 Å². The van der Waals surface area contributed by atoms with Crippen molar-refractivity contribution < 1.29 is 23.9 Å². The van der Waals surface area contributed by atoms with E-state index < -0.39 is 5.97 Å². The van der Waals surface area contributed by atoms with Gasteiger partial charge in [0.25, 0.3) is 0 Å². The highest BCUT2D eigenvalue weighted by atomic mass is 127. The molecule has 0 saturated heterocycles. The van der Waals surface area contributed by atoms with Gasteiger partial charge in [-0.25, -0.2) is 0 Å². The van der Waals surface area contributed by atoms with E-state index in [1.807, 2.05) is 22.6 Å². The Balaban J connectivity index is 3.66. The number of esters is 2. The standard InChI is InChI=1S/C9H13IO5/c1-6(11)14-4-8(10)3-9(13)5-15-7(2)12/h8H,3-5H2,1-2H3. The Bertz CT molecular complexity index is 251. The number of halogens is 1. The van der Waals surface area contributed by atoms with Gasteiger partial charge in [0.1, 0.15) is 13.2 Å². The average molecular weight is 328 g/mol. The van der Waals surface area contributed by atoms with Crippen molar-refractivity contribution in [2.45, 2.75) is 24.2 Å². The fourth-order valence-corrected chi connectivity index (χ4v) is 1.43. The third kappa shape index (κ3) is 9.64. The molecule has 0 bridgehead atoms. The molecule has 0 fully saturated rings. The van der Waals surface area contributed by atoms with Gasteiger partial charge in [0.2, 0.25) is 0 Å². The van der Waals surface area contributed by atoms with Gasteiger partial charge in [-0.2, -0.15) is 0 Å². The SMILES string of the molecule is CC(=O)OCC(=O)CC(I)COC(C)=O. The minimum atomic E-state index is -0.478. The fraction of sp³-hybridized carbons (Fsp3) is 0.667. The van der Waals surface area contributed by atoms with Crippen molar-refractivity contribution in [3.05, 3.63) is 0 Å². The van der Waals surface area contributed by atoms with E-state index >= 15 is 0 Å². The van der Waals surface area contributed by atoms with Crippen LogP contribution in [-0.4, -0.2) is 34.9 Å². The van der Waals surface area contributed by atoms with Crippen LogP contribution in [-0.2, 0) is 23.9 Å². The van der Waals surface area contributed by atoms with Gasteiger partial charge in [-0.3, -0.25) is 14.4 Å². The van der Waals surface area contributed by atoms with Gasteiger partial charge in [-0.1, -0.05) is 22.6 Å². The lowest BCUT2D eigenvalue weighted by atomic mass is 10.2. The molecule has 0 amide bonds. The van der Waals surface area contributed by atoms with Gasteiger partial charge in [0.05, 0.1) is 3.92 Å². The Hall–Kier alpha value is -0.660. The van der Waals surface area contributed by atoms with Crippen LogP contribution >= 0.6 is 22.6 Å². The summed E-state index contributed by atoms with van der Waals surface area (Å²) in [6, 6.07) is 0. The molecule has 0 radical (unpaired) electrons. The summed E-state index contributed by atoms with van der Waals surface area (Å²) in [6.45, 7) is 2.54. The van der Waals surface area contributed by atoms with Crippen molar-refractivity contribution in [3.8, 4) is 0 Å². The van der Waals surface area contributed by atoms with E-state index in [0.717, 1.165) is 0 Å². The van der Waals surface area contributed by atoms with Crippen molar-refractivity contribution >= 4 is 40.3 Å². The second-order valence-electron chi connectivity index (χ2n) is 2.92. The van der Waals surface area contributed by atoms with E-state index in [0.29, 0.717) is 0 Å². The summed E-state index contributed by atoms with van der Waals surface area (Å²) in [5.41, 5.74) is 0. The number of Topliss-reactive ketones (excluding diaryl/α,β-unsaturated/α-hetero) is 1. The molecule has 0 saturated carbocycles. The number of ketones is 1. The first-order valence-electron chi connectivity index (χ1n) is 4.34. The molecular weight excluding hydrogens is 315 g/mol. The second kappa shape index (κ2) is 7.61. The third-order valence-electron chi connectivity index (χ3n) is 1.35. The van der Waals surface area contributed by atoms with E-state index in [1.165, 1.54) is 13.8 Å². The van der Waals surface area contributed by atoms with Gasteiger partial charge < -0.3 is 9.47 Å². The van der Waals surface area contributed by atoms with E-state index in [4.69, 9.17) is 4.74 Å². The molecular formula is C9H13IO5. The summed E-state index contributed by atoms with van der Waals surface area (Å²) in [5.74, 6) is -1.03. The molecule has 0 heterocycles. The lowest BCUT2D eigenvalue weighted by Gasteiger charge is -2.08. The first-order chi connectivity index (χ1) is 6.91. The van der Waals surface area contributed by atoms with Crippen LogP contribution in [0.15, 0.2) is 0 Å². The molecule has 1 unspecified atom stereocenters. The largest absolute Gasteiger partial charge is 0.465 e. The van der Waals surface area contributed by atoms with E-state index in [-0.39, 0.29) is 35.3 Å². The Morgan fingerprint density at radius 2 is 1.67 bits per heavy atom. The van der Waals surface area contributed by atoms with Crippen LogP contribution in [0, 0.1) is 0 Å². The average Bonchev–Trinajstić information content (AvgIpc) is 2.11. The third-order valence-corrected chi connectivity index (χ3v) is 2.15. The number of alkyl halides is 1. The number of carbonyl (C=O) groups is 3. The zero-order chi connectivity index (χ0) is 11.8. The van der Waals surface area contributed by atoms with Crippen LogP contribution in [0.25, 0.3) is 0 Å². The van der Waals surface area contributed by atoms with Crippen molar-refractivity contribution in [1.29, 1.82) is 0 Å². The summed E-state index contributed by atoms with van der Waals surface area (Å²) in [6.07, 6.45) is 0.223. The smallest absolute Gasteiger partial charge is 0.303 e. The molecule has 0 aromatic carbocycles. The number of hydrogen-bond donors (Lipinski definition) is 0. The molecule has 0 aromatic heterocycles. The van der Waals surface area contributed by atoms with E-state index in [9.17, 15) is 14.4 Å². The molecule has 0 aliphatic heterocycles. The highest BCUT2D eigenvalue weighted by Gasteiger charge is 2.12. The van der Waals surface area contributed by atoms with Gasteiger partial charge in [0.15, 0.2) is 5.78 Å². The predicted molar refractivity (Wildman–Crippen MR) is 60.7 cm³/mol. The first-order valence-corrected chi connectivity index (χ1v) is 5.59. The number of carbonyl (C=O) groups excluding carboxylic acids is 3. The molecule has 0 aromatic rings. The molecule has 5 nitrogen and oxygen atoms in total. The normalized spacial score (nSPS) is 11.7. The van der Waals surface area contributed by atoms with Crippen molar-refractivity contribution in [2.24, 2.45) is 0 Å². The highest BCUT2D eigenvalue weighted by Crippen LogP contribution is 2.07. The van der Waals surface area contributed by atoms with Crippen LogP contribution in [0.1, 0.15) is 20.3 Å². The number of rotatable bonds is 6. The maximum Gasteiger partial charge on any atom is 0.303 e. The Morgan fingerprint density at radius 1 is 1.13 bits per heavy atom. The van der Waals surface area contributed by atoms with Crippen LogP contribution in [0.4, 0.5) is 0 Å². The quantitative estimate of drug-likeness (QED) is 0.411.